The smallest absolute Gasteiger partial charge is 0.307 e. The number of aromatic nitrogens is 2. The molecule has 6 heteroatoms. The van der Waals surface area contributed by atoms with Gasteiger partial charge in [0.25, 0.3) is 5.82 Å². The van der Waals surface area contributed by atoms with E-state index in [-0.39, 0.29) is 24.1 Å². The Bertz CT molecular complexity index is 592. The fraction of sp³-hybridized carbons (Fsp3) is 0.789. The molecule has 0 bridgehead atoms. The molecule has 0 N–H and O–H groups in total. The van der Waals surface area contributed by atoms with Crippen LogP contribution in [-0.4, -0.2) is 21.7 Å². The van der Waals surface area contributed by atoms with Crippen molar-refractivity contribution in [2.45, 2.75) is 90.1 Å². The number of ether oxygens (including phenoxy) is 1. The molecule has 1 aliphatic carbocycles. The van der Waals surface area contributed by atoms with Crippen molar-refractivity contribution in [1.82, 2.24) is 10.1 Å². The molecule has 6 nitrogen and oxygen atoms in total. The van der Waals surface area contributed by atoms with E-state index in [1.807, 2.05) is 26.8 Å². The van der Waals surface area contributed by atoms with Crippen molar-refractivity contribution in [3.63, 3.8) is 0 Å². The predicted molar refractivity (Wildman–Crippen MR) is 92.6 cm³/mol. The molecule has 0 amide bonds. The van der Waals surface area contributed by atoms with Crippen LogP contribution in [0.4, 0.5) is 0 Å². The van der Waals surface area contributed by atoms with E-state index >= 15 is 0 Å². The van der Waals surface area contributed by atoms with Gasteiger partial charge in [-0.05, 0) is 38.3 Å². The van der Waals surface area contributed by atoms with Gasteiger partial charge in [0, 0.05) is 5.92 Å². The third-order valence-corrected chi connectivity index (χ3v) is 4.61. The standard InChI is InChI=1S/C19H29N3O3/c1-19(2,3)24-17(23)12-15(18-21-16(13-20)22-25-18)11-7-10-14-8-5-4-6-9-14/h14-15H,4-12H2,1-3H3/t15-/m1/s1. The second-order valence-electron chi connectivity index (χ2n) is 7.99. The van der Waals surface area contributed by atoms with Gasteiger partial charge in [0.1, 0.15) is 11.7 Å². The Morgan fingerprint density at radius 2 is 2.08 bits per heavy atom. The quantitative estimate of drug-likeness (QED) is 0.674. The number of nitriles is 1. The zero-order valence-electron chi connectivity index (χ0n) is 15.6. The van der Waals surface area contributed by atoms with E-state index in [0.717, 1.165) is 18.8 Å². The lowest BCUT2D eigenvalue weighted by molar-refractivity contribution is -0.155. The summed E-state index contributed by atoms with van der Waals surface area (Å²) in [5, 5.41) is 12.5. The lowest BCUT2D eigenvalue weighted by Crippen LogP contribution is -2.25. The summed E-state index contributed by atoms with van der Waals surface area (Å²) in [5.41, 5.74) is -0.517. The molecule has 138 valence electrons. The van der Waals surface area contributed by atoms with Gasteiger partial charge in [0.2, 0.25) is 5.89 Å². The van der Waals surface area contributed by atoms with Crippen molar-refractivity contribution in [1.29, 1.82) is 5.26 Å². The maximum Gasteiger partial charge on any atom is 0.307 e. The third kappa shape index (κ3) is 6.85. The largest absolute Gasteiger partial charge is 0.460 e. The lowest BCUT2D eigenvalue weighted by atomic mass is 9.84. The van der Waals surface area contributed by atoms with Crippen molar-refractivity contribution in [3.8, 4) is 6.07 Å². The van der Waals surface area contributed by atoms with Crippen LogP contribution in [0.5, 0.6) is 0 Å². The average Bonchev–Trinajstić information content (AvgIpc) is 3.02. The summed E-state index contributed by atoms with van der Waals surface area (Å²) >= 11 is 0. The molecule has 1 heterocycles. The van der Waals surface area contributed by atoms with Crippen LogP contribution in [0.2, 0.25) is 0 Å². The maximum atomic E-state index is 12.2. The zero-order valence-corrected chi connectivity index (χ0v) is 15.6. The number of rotatable bonds is 7. The Kier molecular flexibility index (Phi) is 6.98. The summed E-state index contributed by atoms with van der Waals surface area (Å²) in [6.07, 6.45) is 9.84. The van der Waals surface area contributed by atoms with Crippen LogP contribution < -0.4 is 0 Å². The molecule has 0 radical (unpaired) electrons. The topological polar surface area (TPSA) is 89.0 Å². The van der Waals surface area contributed by atoms with Gasteiger partial charge in [-0.3, -0.25) is 4.79 Å². The second-order valence-corrected chi connectivity index (χ2v) is 7.99. The Labute approximate surface area is 149 Å². The highest BCUT2D eigenvalue weighted by Gasteiger charge is 2.26. The molecular weight excluding hydrogens is 318 g/mol. The molecule has 25 heavy (non-hydrogen) atoms. The Hall–Kier alpha value is -1.90. The first kappa shape index (κ1) is 19.4. The average molecular weight is 347 g/mol. The summed E-state index contributed by atoms with van der Waals surface area (Å²) in [6, 6.07) is 1.87. The van der Waals surface area contributed by atoms with Crippen molar-refractivity contribution in [2.24, 2.45) is 5.92 Å². The highest BCUT2D eigenvalue weighted by atomic mass is 16.6. The number of hydrogen-bond acceptors (Lipinski definition) is 6. The fourth-order valence-corrected chi connectivity index (χ4v) is 3.47. The van der Waals surface area contributed by atoms with Crippen LogP contribution >= 0.6 is 0 Å². The predicted octanol–water partition coefficient (Wildman–Crippen LogP) is 4.51. The highest BCUT2D eigenvalue weighted by Crippen LogP contribution is 2.31. The summed E-state index contributed by atoms with van der Waals surface area (Å²) < 4.78 is 10.6. The number of esters is 1. The van der Waals surface area contributed by atoms with E-state index in [2.05, 4.69) is 10.1 Å². The number of carbonyl (C=O) groups is 1. The van der Waals surface area contributed by atoms with Gasteiger partial charge >= 0.3 is 5.97 Å². The molecule has 1 fully saturated rings. The molecule has 0 unspecified atom stereocenters. The van der Waals surface area contributed by atoms with E-state index in [4.69, 9.17) is 14.5 Å². The molecule has 2 rings (SSSR count). The number of nitrogens with zero attached hydrogens (tertiary/aromatic N) is 3. The normalized spacial score (nSPS) is 17.0. The Morgan fingerprint density at radius 3 is 2.68 bits per heavy atom. The summed E-state index contributed by atoms with van der Waals surface area (Å²) in [4.78, 5) is 16.3. The molecular formula is C19H29N3O3. The van der Waals surface area contributed by atoms with Gasteiger partial charge < -0.3 is 9.26 Å². The van der Waals surface area contributed by atoms with Crippen molar-refractivity contribution >= 4 is 5.97 Å². The second kappa shape index (κ2) is 8.98. The summed E-state index contributed by atoms with van der Waals surface area (Å²) in [7, 11) is 0. The van der Waals surface area contributed by atoms with Crippen LogP contribution in [0.25, 0.3) is 0 Å². The molecule has 1 saturated carbocycles. The van der Waals surface area contributed by atoms with Gasteiger partial charge in [-0.2, -0.15) is 10.2 Å². The molecule has 1 aliphatic rings. The molecule has 1 aromatic heterocycles. The molecule has 0 spiro atoms. The number of hydrogen-bond donors (Lipinski definition) is 0. The first-order valence-corrected chi connectivity index (χ1v) is 9.33. The highest BCUT2D eigenvalue weighted by molar-refractivity contribution is 5.70. The summed E-state index contributed by atoms with van der Waals surface area (Å²) in [6.45, 7) is 5.55. The van der Waals surface area contributed by atoms with E-state index in [9.17, 15) is 4.79 Å². The lowest BCUT2D eigenvalue weighted by Gasteiger charge is -2.23. The molecule has 0 saturated heterocycles. The first-order chi connectivity index (χ1) is 11.9. The van der Waals surface area contributed by atoms with Gasteiger partial charge in [0.05, 0.1) is 6.42 Å². The van der Waals surface area contributed by atoms with Crippen LogP contribution in [0.1, 0.15) is 96.2 Å². The molecule has 1 atom stereocenters. The van der Waals surface area contributed by atoms with E-state index < -0.39 is 5.60 Å². The van der Waals surface area contributed by atoms with Crippen LogP contribution in [-0.2, 0) is 9.53 Å². The van der Waals surface area contributed by atoms with Crippen molar-refractivity contribution in [3.05, 3.63) is 11.7 Å². The minimum absolute atomic E-state index is 0.0106. The molecule has 0 aliphatic heterocycles. The molecule has 0 aromatic carbocycles. The Balaban J connectivity index is 1.93. The SMILES string of the molecule is CC(C)(C)OC(=O)C[C@@H](CCCC1CCCCC1)c1nc(C#N)no1. The van der Waals surface area contributed by atoms with E-state index in [1.165, 1.54) is 38.5 Å². The first-order valence-electron chi connectivity index (χ1n) is 9.33. The van der Waals surface area contributed by atoms with Crippen LogP contribution in [0.3, 0.4) is 0 Å². The fourth-order valence-electron chi connectivity index (χ4n) is 3.47. The summed E-state index contributed by atoms with van der Waals surface area (Å²) in [5.74, 6) is 0.718. The monoisotopic (exact) mass is 347 g/mol. The van der Waals surface area contributed by atoms with Gasteiger partial charge in [-0.1, -0.05) is 44.9 Å². The molecule has 1 aromatic rings. The Morgan fingerprint density at radius 1 is 1.36 bits per heavy atom. The van der Waals surface area contributed by atoms with Crippen molar-refractivity contribution in [2.75, 3.05) is 0 Å². The third-order valence-electron chi connectivity index (χ3n) is 4.61. The van der Waals surface area contributed by atoms with E-state index in [0.29, 0.717) is 5.89 Å². The van der Waals surface area contributed by atoms with Crippen molar-refractivity contribution < 1.29 is 14.1 Å². The maximum absolute atomic E-state index is 12.2. The minimum Gasteiger partial charge on any atom is -0.460 e. The van der Waals surface area contributed by atoms with Gasteiger partial charge in [-0.15, -0.1) is 0 Å². The minimum atomic E-state index is -0.517. The van der Waals surface area contributed by atoms with E-state index in [1.54, 1.807) is 0 Å². The van der Waals surface area contributed by atoms with Crippen LogP contribution in [0.15, 0.2) is 4.52 Å². The number of carbonyl (C=O) groups excluding carboxylic acids is 1. The van der Waals surface area contributed by atoms with Crippen LogP contribution in [0, 0.1) is 17.2 Å². The zero-order chi connectivity index (χ0) is 18.3. The van der Waals surface area contributed by atoms with Gasteiger partial charge in [-0.25, -0.2) is 0 Å². The van der Waals surface area contributed by atoms with Gasteiger partial charge in [0.15, 0.2) is 0 Å².